The summed E-state index contributed by atoms with van der Waals surface area (Å²) < 4.78 is 38.8. The highest BCUT2D eigenvalue weighted by Gasteiger charge is 2.77. The van der Waals surface area contributed by atoms with Crippen molar-refractivity contribution in [1.82, 2.24) is 0 Å². The number of nitrogens with zero attached hydrogens (tertiary/aromatic N) is 1. The fourth-order valence-corrected chi connectivity index (χ4v) is 5.35. The minimum atomic E-state index is -4.04. The summed E-state index contributed by atoms with van der Waals surface area (Å²) in [6.07, 6.45) is 0. The smallest absolute Gasteiger partial charge is 0.326 e. The number of hydrogen-bond donors (Lipinski definition) is 1. The third-order valence-electron chi connectivity index (χ3n) is 4.31. The number of hydrogen-bond acceptors (Lipinski definition) is 4. The second-order valence-electron chi connectivity index (χ2n) is 5.59. The lowest BCUT2D eigenvalue weighted by Gasteiger charge is -2.04. The molecule has 1 aliphatic carbocycles. The number of carboxylic acids is 1. The Morgan fingerprint density at radius 3 is 2.21 bits per heavy atom. The summed E-state index contributed by atoms with van der Waals surface area (Å²) in [5.74, 6) is -3.07. The predicted octanol–water partition coefficient (Wildman–Crippen LogP) is 2.36. The SMILES string of the molecule is N#C[C@]1(C(=O)O)[C@@H](c2ccc(F)cc2)[C@@H]1S(=O)(=O)c1ccccc1. The first-order valence-corrected chi connectivity index (χ1v) is 8.59. The summed E-state index contributed by atoms with van der Waals surface area (Å²) in [7, 11) is -4.04. The molecule has 0 heterocycles. The summed E-state index contributed by atoms with van der Waals surface area (Å²) in [6, 6.07) is 13.9. The Balaban J connectivity index is 2.13. The van der Waals surface area contributed by atoms with E-state index in [0.29, 0.717) is 5.56 Å². The van der Waals surface area contributed by atoms with Crippen LogP contribution in [0.5, 0.6) is 0 Å². The minimum absolute atomic E-state index is 0.0412. The molecule has 0 radical (unpaired) electrons. The molecule has 0 unspecified atom stereocenters. The van der Waals surface area contributed by atoms with Crippen LogP contribution in [-0.2, 0) is 14.6 Å². The summed E-state index contributed by atoms with van der Waals surface area (Å²) in [5.41, 5.74) is -1.77. The van der Waals surface area contributed by atoms with Gasteiger partial charge in [0.1, 0.15) is 11.1 Å². The van der Waals surface area contributed by atoms with Gasteiger partial charge in [-0.1, -0.05) is 30.3 Å². The highest BCUT2D eigenvalue weighted by molar-refractivity contribution is 7.92. The zero-order valence-electron chi connectivity index (χ0n) is 12.3. The molecular formula is C17H12FNO4S. The van der Waals surface area contributed by atoms with Crippen molar-refractivity contribution in [1.29, 1.82) is 5.26 Å². The number of benzene rings is 2. The van der Waals surface area contributed by atoms with Crippen LogP contribution in [0.4, 0.5) is 4.39 Å². The van der Waals surface area contributed by atoms with Crippen LogP contribution in [0.3, 0.4) is 0 Å². The number of halogens is 1. The Hall–Kier alpha value is -2.72. The fourth-order valence-electron chi connectivity index (χ4n) is 3.08. The maximum Gasteiger partial charge on any atom is 0.326 e. The summed E-state index contributed by atoms with van der Waals surface area (Å²) >= 11 is 0. The standard InChI is InChI=1S/C17H12FNO4S/c18-12-8-6-11(7-9-12)14-15(17(14,10-19)16(20)21)24(22,23)13-4-2-1-3-5-13/h1-9,14-15H,(H,20,21)/t14-,15-,17-/m0/s1. The number of carbonyl (C=O) groups is 1. The van der Waals surface area contributed by atoms with Crippen molar-refractivity contribution in [2.24, 2.45) is 5.41 Å². The predicted molar refractivity (Wildman–Crippen MR) is 82.2 cm³/mol. The number of aliphatic carboxylic acids is 1. The third kappa shape index (κ3) is 2.19. The molecule has 1 saturated carbocycles. The van der Waals surface area contributed by atoms with Gasteiger partial charge in [-0.2, -0.15) is 5.26 Å². The summed E-state index contributed by atoms with van der Waals surface area (Å²) in [5, 5.41) is 17.5. The lowest BCUT2D eigenvalue weighted by atomic mass is 10.0. The van der Waals surface area contributed by atoms with Gasteiger partial charge in [-0.05, 0) is 29.8 Å². The topological polar surface area (TPSA) is 95.2 Å². The molecule has 1 aliphatic rings. The van der Waals surface area contributed by atoms with E-state index in [1.807, 2.05) is 0 Å². The molecular weight excluding hydrogens is 333 g/mol. The van der Waals surface area contributed by atoms with Crippen LogP contribution in [0.2, 0.25) is 0 Å². The van der Waals surface area contributed by atoms with Crippen molar-refractivity contribution in [2.45, 2.75) is 16.1 Å². The molecule has 3 atom stereocenters. The molecule has 2 aromatic carbocycles. The second kappa shape index (κ2) is 5.42. The van der Waals surface area contributed by atoms with Gasteiger partial charge in [0, 0.05) is 5.92 Å². The molecule has 0 aliphatic heterocycles. The molecule has 0 saturated heterocycles. The Kier molecular flexibility index (Phi) is 3.65. The maximum atomic E-state index is 13.1. The van der Waals surface area contributed by atoms with E-state index < -0.39 is 38.2 Å². The maximum absolute atomic E-state index is 13.1. The van der Waals surface area contributed by atoms with E-state index in [0.717, 1.165) is 12.1 Å². The Bertz CT molecular complexity index is 935. The highest BCUT2D eigenvalue weighted by Crippen LogP contribution is 2.63. The van der Waals surface area contributed by atoms with E-state index in [4.69, 9.17) is 0 Å². The fraction of sp³-hybridized carbons (Fsp3) is 0.176. The molecule has 24 heavy (non-hydrogen) atoms. The van der Waals surface area contributed by atoms with Gasteiger partial charge in [0.2, 0.25) is 0 Å². The van der Waals surface area contributed by atoms with Gasteiger partial charge in [0.05, 0.1) is 11.0 Å². The third-order valence-corrected chi connectivity index (χ3v) is 6.55. The monoisotopic (exact) mass is 345 g/mol. The van der Waals surface area contributed by atoms with Gasteiger partial charge in [0.25, 0.3) is 0 Å². The molecule has 1 N–H and O–H groups in total. The number of carboxylic acid groups (broad SMARTS) is 1. The molecule has 3 rings (SSSR count). The van der Waals surface area contributed by atoms with Crippen molar-refractivity contribution in [3.05, 3.63) is 66.0 Å². The van der Waals surface area contributed by atoms with E-state index in [2.05, 4.69) is 0 Å². The number of rotatable bonds is 4. The minimum Gasteiger partial charge on any atom is -0.480 e. The van der Waals surface area contributed by atoms with Crippen LogP contribution in [0.1, 0.15) is 11.5 Å². The zero-order chi connectivity index (χ0) is 17.5. The first-order chi connectivity index (χ1) is 11.4. The van der Waals surface area contributed by atoms with Gasteiger partial charge in [-0.15, -0.1) is 0 Å². The van der Waals surface area contributed by atoms with E-state index in [-0.39, 0.29) is 4.90 Å². The molecule has 0 spiro atoms. The molecule has 0 aromatic heterocycles. The first-order valence-electron chi connectivity index (χ1n) is 7.04. The van der Waals surface area contributed by atoms with Crippen molar-refractivity contribution in [2.75, 3.05) is 0 Å². The van der Waals surface area contributed by atoms with E-state index in [9.17, 15) is 28.0 Å². The van der Waals surface area contributed by atoms with Crippen LogP contribution >= 0.6 is 0 Å². The van der Waals surface area contributed by atoms with Gasteiger partial charge in [-0.25, -0.2) is 12.8 Å². The zero-order valence-corrected chi connectivity index (χ0v) is 13.1. The molecule has 0 bridgehead atoms. The molecule has 122 valence electrons. The van der Waals surface area contributed by atoms with Crippen LogP contribution < -0.4 is 0 Å². The molecule has 7 heteroatoms. The van der Waals surface area contributed by atoms with Gasteiger partial charge >= 0.3 is 5.97 Å². The van der Waals surface area contributed by atoms with E-state index in [1.165, 1.54) is 36.4 Å². The Morgan fingerprint density at radius 1 is 1.12 bits per heavy atom. The lowest BCUT2D eigenvalue weighted by Crippen LogP contribution is -2.22. The van der Waals surface area contributed by atoms with Crippen LogP contribution in [0.15, 0.2) is 59.5 Å². The van der Waals surface area contributed by atoms with Crippen molar-refractivity contribution < 1.29 is 22.7 Å². The average Bonchev–Trinajstić information content (AvgIpc) is 3.28. The van der Waals surface area contributed by atoms with Gasteiger partial charge in [-0.3, -0.25) is 4.79 Å². The van der Waals surface area contributed by atoms with Crippen molar-refractivity contribution in [3.63, 3.8) is 0 Å². The summed E-state index contributed by atoms with van der Waals surface area (Å²) in [6.45, 7) is 0. The molecule has 1 fully saturated rings. The molecule has 2 aromatic rings. The average molecular weight is 345 g/mol. The number of sulfone groups is 1. The number of nitriles is 1. The first kappa shape index (κ1) is 16.1. The Labute approximate surface area is 137 Å². The normalized spacial score (nSPS) is 25.7. The van der Waals surface area contributed by atoms with Crippen LogP contribution in [0.25, 0.3) is 0 Å². The van der Waals surface area contributed by atoms with E-state index in [1.54, 1.807) is 12.1 Å². The molecule has 0 amide bonds. The lowest BCUT2D eigenvalue weighted by molar-refractivity contribution is -0.141. The van der Waals surface area contributed by atoms with E-state index >= 15 is 0 Å². The second-order valence-corrected chi connectivity index (χ2v) is 7.66. The van der Waals surface area contributed by atoms with Gasteiger partial charge < -0.3 is 5.11 Å². The highest BCUT2D eigenvalue weighted by atomic mass is 32.2. The van der Waals surface area contributed by atoms with Crippen LogP contribution in [-0.4, -0.2) is 24.7 Å². The van der Waals surface area contributed by atoms with Gasteiger partial charge in [0.15, 0.2) is 15.3 Å². The van der Waals surface area contributed by atoms with Crippen molar-refractivity contribution >= 4 is 15.8 Å². The van der Waals surface area contributed by atoms with Crippen molar-refractivity contribution in [3.8, 4) is 6.07 Å². The summed E-state index contributed by atoms with van der Waals surface area (Å²) in [4.78, 5) is 11.7. The largest absolute Gasteiger partial charge is 0.480 e. The Morgan fingerprint density at radius 2 is 1.71 bits per heavy atom. The quantitative estimate of drug-likeness (QED) is 0.918. The molecule has 5 nitrogen and oxygen atoms in total. The van der Waals surface area contributed by atoms with Crippen LogP contribution in [0, 0.1) is 22.6 Å².